The predicted molar refractivity (Wildman–Crippen MR) is 124 cm³/mol. The normalized spacial score (nSPS) is 11.1. The van der Waals surface area contributed by atoms with Gasteiger partial charge in [0, 0.05) is 12.5 Å². The van der Waals surface area contributed by atoms with Crippen molar-refractivity contribution in [1.82, 2.24) is 30.0 Å². The maximum atomic E-state index is 11.0. The average Bonchev–Trinajstić information content (AvgIpc) is 3.44. The summed E-state index contributed by atoms with van der Waals surface area (Å²) < 4.78 is 13.4. The number of carbonyl (C=O) groups excluding carboxylic acids is 1. The quantitative estimate of drug-likeness (QED) is 0.172. The topological polar surface area (TPSA) is 154 Å². The van der Waals surface area contributed by atoms with Crippen LogP contribution in [0.4, 0.5) is 5.95 Å². The molecule has 4 rings (SSSR count). The molecule has 0 aliphatic carbocycles. The first-order chi connectivity index (χ1) is 16.5. The lowest BCUT2D eigenvalue weighted by Crippen LogP contribution is -2.17. The van der Waals surface area contributed by atoms with Crippen molar-refractivity contribution in [2.75, 3.05) is 12.3 Å². The first kappa shape index (κ1) is 23.2. The van der Waals surface area contributed by atoms with Gasteiger partial charge < -0.3 is 19.5 Å². The maximum Gasteiger partial charge on any atom is 0.243 e. The van der Waals surface area contributed by atoms with Gasteiger partial charge in [-0.25, -0.2) is 20.4 Å². The van der Waals surface area contributed by atoms with E-state index in [4.69, 9.17) is 20.1 Å². The van der Waals surface area contributed by atoms with Crippen molar-refractivity contribution in [1.29, 1.82) is 0 Å². The zero-order valence-electron chi connectivity index (χ0n) is 18.9. The molecule has 0 aliphatic rings. The predicted octanol–water partition coefficient (Wildman–Crippen LogP) is 3.25. The molecule has 0 aliphatic heterocycles. The average molecular weight is 466 g/mol. The summed E-state index contributed by atoms with van der Waals surface area (Å²) in [7, 11) is 0. The minimum absolute atomic E-state index is 0.139. The molecule has 0 atom stereocenters. The van der Waals surface area contributed by atoms with Crippen LogP contribution in [0.3, 0.4) is 0 Å². The number of imidazole rings is 1. The number of aryl methyl sites for hydroxylation is 1. The molecule has 11 heteroatoms. The molecule has 0 bridgehead atoms. The van der Waals surface area contributed by atoms with Gasteiger partial charge in [-0.05, 0) is 38.0 Å². The van der Waals surface area contributed by atoms with E-state index in [0.717, 1.165) is 37.1 Å². The minimum Gasteiger partial charge on any atom is -0.478 e. The van der Waals surface area contributed by atoms with Gasteiger partial charge in [0.1, 0.15) is 17.0 Å². The smallest absolute Gasteiger partial charge is 0.243 e. The molecule has 0 saturated heterocycles. The van der Waals surface area contributed by atoms with Crippen LogP contribution in [-0.2, 0) is 11.3 Å². The summed E-state index contributed by atoms with van der Waals surface area (Å²) in [4.78, 5) is 28.8. The lowest BCUT2D eigenvalue weighted by Gasteiger charge is -2.08. The Morgan fingerprint density at radius 3 is 2.79 bits per heavy atom. The fourth-order valence-corrected chi connectivity index (χ4v) is 3.58. The van der Waals surface area contributed by atoms with Crippen molar-refractivity contribution < 1.29 is 19.2 Å². The number of carbonyl (C=O) groups is 1. The van der Waals surface area contributed by atoms with Gasteiger partial charge in [0.2, 0.25) is 17.7 Å². The number of furan rings is 1. The van der Waals surface area contributed by atoms with Crippen molar-refractivity contribution >= 4 is 23.0 Å². The van der Waals surface area contributed by atoms with Gasteiger partial charge in [-0.1, -0.05) is 18.9 Å². The van der Waals surface area contributed by atoms with E-state index in [2.05, 4.69) is 19.9 Å². The van der Waals surface area contributed by atoms with Crippen LogP contribution in [-0.4, -0.2) is 42.2 Å². The number of unbranched alkanes of at least 4 members (excludes halogenated alkanes) is 3. The van der Waals surface area contributed by atoms with Gasteiger partial charge in [-0.2, -0.15) is 4.98 Å². The second-order valence-electron chi connectivity index (χ2n) is 7.90. The second-order valence-corrected chi connectivity index (χ2v) is 7.90. The van der Waals surface area contributed by atoms with Gasteiger partial charge in [0.05, 0.1) is 25.2 Å². The lowest BCUT2D eigenvalue weighted by molar-refractivity contribution is -0.129. The van der Waals surface area contributed by atoms with Crippen LogP contribution in [0, 0.1) is 6.92 Å². The van der Waals surface area contributed by atoms with Crippen LogP contribution in [0.25, 0.3) is 22.6 Å². The molecule has 34 heavy (non-hydrogen) atoms. The molecule has 11 nitrogen and oxygen atoms in total. The standard InChI is InChI=1S/C23H27N7O4/c1-15-10-11-17(34-15)20-21-22(28-23(24)27-20)30(14-25-21)13-16-7-6-9-19(26-16)33-12-5-3-2-4-8-18(31)29-32/h6-7,9-11,14,32H,2-5,8,12-13H2,1H3,(H,29,31)(H2,24,27,28). The lowest BCUT2D eigenvalue weighted by atomic mass is 10.1. The monoisotopic (exact) mass is 465 g/mol. The van der Waals surface area contributed by atoms with Crippen LogP contribution < -0.4 is 16.0 Å². The highest BCUT2D eigenvalue weighted by Gasteiger charge is 2.17. The first-order valence-electron chi connectivity index (χ1n) is 11.1. The van der Waals surface area contributed by atoms with Crippen molar-refractivity contribution in [3.05, 3.63) is 48.1 Å². The fourth-order valence-electron chi connectivity index (χ4n) is 3.58. The molecule has 0 radical (unpaired) electrons. The van der Waals surface area contributed by atoms with Gasteiger partial charge in [-0.15, -0.1) is 0 Å². The van der Waals surface area contributed by atoms with Gasteiger partial charge >= 0.3 is 0 Å². The number of hydroxylamine groups is 1. The van der Waals surface area contributed by atoms with E-state index in [1.807, 2.05) is 41.8 Å². The first-order valence-corrected chi connectivity index (χ1v) is 11.1. The Kier molecular flexibility index (Phi) is 7.33. The Labute approximate surface area is 196 Å². The van der Waals surface area contributed by atoms with Crippen LogP contribution in [0.5, 0.6) is 5.88 Å². The molecule has 0 fully saturated rings. The van der Waals surface area contributed by atoms with Gasteiger partial charge in [-0.3, -0.25) is 10.0 Å². The Morgan fingerprint density at radius 2 is 2.00 bits per heavy atom. The summed E-state index contributed by atoms with van der Waals surface area (Å²) in [5, 5.41) is 8.48. The summed E-state index contributed by atoms with van der Waals surface area (Å²) >= 11 is 0. The van der Waals surface area contributed by atoms with Crippen molar-refractivity contribution in [3.63, 3.8) is 0 Å². The maximum absolute atomic E-state index is 11.0. The molecule has 1 amide bonds. The molecule has 0 unspecified atom stereocenters. The Balaban J connectivity index is 1.38. The highest BCUT2D eigenvalue weighted by atomic mass is 16.5. The number of aromatic nitrogens is 5. The molecule has 178 valence electrons. The zero-order chi connectivity index (χ0) is 23.9. The number of pyridine rings is 1. The van der Waals surface area contributed by atoms with Crippen LogP contribution in [0.15, 0.2) is 41.1 Å². The van der Waals surface area contributed by atoms with E-state index in [9.17, 15) is 4.79 Å². The number of hydrogen-bond acceptors (Lipinski definition) is 9. The van der Waals surface area contributed by atoms with E-state index in [0.29, 0.717) is 48.1 Å². The second kappa shape index (κ2) is 10.8. The largest absolute Gasteiger partial charge is 0.478 e. The third-order valence-electron chi connectivity index (χ3n) is 5.24. The van der Waals surface area contributed by atoms with Crippen LogP contribution >= 0.6 is 0 Å². The Morgan fingerprint density at radius 1 is 1.15 bits per heavy atom. The number of nitrogens with two attached hydrogens (primary N) is 1. The number of ether oxygens (including phenoxy) is 1. The highest BCUT2D eigenvalue weighted by Crippen LogP contribution is 2.27. The van der Waals surface area contributed by atoms with E-state index >= 15 is 0 Å². The van der Waals surface area contributed by atoms with E-state index in [1.165, 1.54) is 0 Å². The highest BCUT2D eigenvalue weighted by molar-refractivity contribution is 5.86. The summed E-state index contributed by atoms with van der Waals surface area (Å²) in [5.74, 6) is 1.69. The van der Waals surface area contributed by atoms with Crippen LogP contribution in [0.2, 0.25) is 0 Å². The fraction of sp³-hybridized carbons (Fsp3) is 0.348. The number of nitrogen functional groups attached to an aromatic ring is 1. The summed E-state index contributed by atoms with van der Waals surface area (Å²) in [5.41, 5.74) is 10.1. The number of fused-ring (bicyclic) bond motifs is 1. The Bertz CT molecular complexity index is 1270. The number of hydrogen-bond donors (Lipinski definition) is 3. The van der Waals surface area contributed by atoms with Gasteiger partial charge in [0.15, 0.2) is 11.4 Å². The molecule has 4 aromatic heterocycles. The van der Waals surface area contributed by atoms with Crippen molar-refractivity contribution in [2.45, 2.75) is 45.6 Å². The molecular weight excluding hydrogens is 438 g/mol. The summed E-state index contributed by atoms with van der Waals surface area (Å²) in [6.07, 6.45) is 5.41. The molecule has 0 aromatic carbocycles. The number of nitrogens with zero attached hydrogens (tertiary/aromatic N) is 5. The summed E-state index contributed by atoms with van der Waals surface area (Å²) in [6.45, 7) is 2.84. The van der Waals surface area contributed by atoms with E-state index < -0.39 is 0 Å². The third kappa shape index (κ3) is 5.67. The van der Waals surface area contributed by atoms with Gasteiger partial charge in [0.25, 0.3) is 0 Å². The van der Waals surface area contributed by atoms with E-state index in [-0.39, 0.29) is 11.9 Å². The molecule has 4 N–H and O–H groups in total. The van der Waals surface area contributed by atoms with E-state index in [1.54, 1.807) is 11.8 Å². The van der Waals surface area contributed by atoms with Crippen molar-refractivity contribution in [2.24, 2.45) is 0 Å². The minimum atomic E-state index is -0.357. The van der Waals surface area contributed by atoms with Crippen molar-refractivity contribution in [3.8, 4) is 17.3 Å². The van der Waals surface area contributed by atoms with Crippen LogP contribution in [0.1, 0.15) is 43.6 Å². The number of anilines is 1. The molecule has 0 spiro atoms. The Hall–Kier alpha value is -3.99. The number of rotatable bonds is 11. The molecular formula is C23H27N7O4. The molecule has 4 aromatic rings. The molecule has 4 heterocycles. The zero-order valence-corrected chi connectivity index (χ0v) is 18.9. The molecule has 0 saturated carbocycles. The number of amides is 1. The third-order valence-corrected chi connectivity index (χ3v) is 5.24. The SMILES string of the molecule is Cc1ccc(-c2nc(N)nc3c2ncn3Cc2cccc(OCCCCCCC(=O)NO)n2)o1. The summed E-state index contributed by atoms with van der Waals surface area (Å²) in [6, 6.07) is 9.32. The number of nitrogens with one attached hydrogen (secondary N) is 1.